The van der Waals surface area contributed by atoms with Crippen LogP contribution in [0.2, 0.25) is 0 Å². The molecule has 30 heavy (non-hydrogen) atoms. The van der Waals surface area contributed by atoms with Gasteiger partial charge in [0, 0.05) is 24.1 Å². The molecule has 3 aromatic rings. The van der Waals surface area contributed by atoms with Gasteiger partial charge < -0.3 is 20.7 Å². The molecule has 4 rings (SSSR count). The standard InChI is InChI=1S/C23H28N6O/c1-3-30-19-12-8-17(9-13-19)20-5-4-14-29(20)15-21-26-22(24)28-23(27-21)25-18-10-6-16(2)7-11-18/h6-13,20H,3-5,14-15H2,1-2H3,(H3,24,25,26,27,28)/p+1/t20-/m1/s1. The van der Waals surface area contributed by atoms with E-state index in [9.17, 15) is 0 Å². The molecule has 0 saturated carbocycles. The van der Waals surface area contributed by atoms with Gasteiger partial charge in [-0.2, -0.15) is 15.0 Å². The Bertz CT molecular complexity index is 974. The zero-order valence-corrected chi connectivity index (χ0v) is 17.6. The highest BCUT2D eigenvalue weighted by atomic mass is 16.5. The number of aryl methyl sites for hydroxylation is 1. The van der Waals surface area contributed by atoms with Crippen molar-refractivity contribution in [2.24, 2.45) is 0 Å². The first kappa shape index (κ1) is 20.1. The molecule has 2 aromatic carbocycles. The molecule has 0 aliphatic carbocycles. The molecular weight excluding hydrogens is 376 g/mol. The largest absolute Gasteiger partial charge is 0.494 e. The third kappa shape index (κ3) is 4.86. The molecule has 0 amide bonds. The number of likely N-dealkylation sites (tertiary alicyclic amines) is 1. The molecule has 1 aliphatic heterocycles. The van der Waals surface area contributed by atoms with Gasteiger partial charge in [0.15, 0.2) is 5.82 Å². The number of nitrogens with two attached hydrogens (primary N) is 1. The zero-order valence-electron chi connectivity index (χ0n) is 17.6. The lowest BCUT2D eigenvalue weighted by atomic mass is 10.0. The number of benzene rings is 2. The van der Waals surface area contributed by atoms with Crippen LogP contribution < -0.4 is 20.7 Å². The third-order valence-corrected chi connectivity index (χ3v) is 5.47. The summed E-state index contributed by atoms with van der Waals surface area (Å²) in [5, 5.41) is 3.23. The Labute approximate surface area is 177 Å². The first-order valence-electron chi connectivity index (χ1n) is 10.5. The number of aromatic nitrogens is 3. The predicted molar refractivity (Wildman–Crippen MR) is 118 cm³/mol. The summed E-state index contributed by atoms with van der Waals surface area (Å²) in [5.74, 6) is 2.35. The number of nitrogens with zero attached hydrogens (tertiary/aromatic N) is 3. The lowest BCUT2D eigenvalue weighted by Gasteiger charge is -2.21. The van der Waals surface area contributed by atoms with Crippen LogP contribution in [-0.4, -0.2) is 28.1 Å². The maximum absolute atomic E-state index is 5.98. The number of hydrogen-bond donors (Lipinski definition) is 3. The molecule has 1 saturated heterocycles. The van der Waals surface area contributed by atoms with E-state index in [0.717, 1.165) is 24.4 Å². The monoisotopic (exact) mass is 405 g/mol. The summed E-state index contributed by atoms with van der Waals surface area (Å²) < 4.78 is 5.57. The molecule has 7 heteroatoms. The summed E-state index contributed by atoms with van der Waals surface area (Å²) in [7, 11) is 0. The highest BCUT2D eigenvalue weighted by Gasteiger charge is 2.31. The molecule has 1 aliphatic rings. The van der Waals surface area contributed by atoms with Gasteiger partial charge in [-0.05, 0) is 50.2 Å². The molecule has 1 aromatic heterocycles. The minimum atomic E-state index is 0.242. The number of rotatable bonds is 7. The molecule has 0 spiro atoms. The van der Waals surface area contributed by atoms with Crippen molar-refractivity contribution in [3.8, 4) is 5.75 Å². The summed E-state index contributed by atoms with van der Waals surface area (Å²) in [6, 6.07) is 17.0. The quantitative estimate of drug-likeness (QED) is 0.560. The molecule has 2 heterocycles. The first-order chi connectivity index (χ1) is 14.6. The lowest BCUT2D eigenvalue weighted by molar-refractivity contribution is -0.932. The van der Waals surface area contributed by atoms with Crippen LogP contribution in [0.15, 0.2) is 48.5 Å². The van der Waals surface area contributed by atoms with E-state index in [-0.39, 0.29) is 5.95 Å². The van der Waals surface area contributed by atoms with Crippen LogP contribution in [0.25, 0.3) is 0 Å². The second-order valence-electron chi connectivity index (χ2n) is 7.71. The van der Waals surface area contributed by atoms with Crippen molar-refractivity contribution in [2.45, 2.75) is 39.3 Å². The van der Waals surface area contributed by atoms with Crippen LogP contribution in [0.5, 0.6) is 5.75 Å². The fourth-order valence-electron chi connectivity index (χ4n) is 4.03. The van der Waals surface area contributed by atoms with Crippen molar-refractivity contribution in [1.82, 2.24) is 15.0 Å². The summed E-state index contributed by atoms with van der Waals surface area (Å²) in [6.07, 6.45) is 2.33. The van der Waals surface area contributed by atoms with Crippen LogP contribution in [0.3, 0.4) is 0 Å². The number of anilines is 3. The average molecular weight is 406 g/mol. The van der Waals surface area contributed by atoms with Crippen LogP contribution in [0, 0.1) is 6.92 Å². The van der Waals surface area contributed by atoms with Gasteiger partial charge >= 0.3 is 0 Å². The van der Waals surface area contributed by atoms with Crippen molar-refractivity contribution >= 4 is 17.6 Å². The minimum Gasteiger partial charge on any atom is -0.494 e. The van der Waals surface area contributed by atoms with Gasteiger partial charge in [0.05, 0.1) is 13.2 Å². The molecular formula is C23H29N6O+. The van der Waals surface area contributed by atoms with Crippen molar-refractivity contribution in [3.05, 3.63) is 65.5 Å². The Hall–Kier alpha value is -3.19. The minimum absolute atomic E-state index is 0.242. The number of ether oxygens (including phenoxy) is 1. The molecule has 2 atom stereocenters. The summed E-state index contributed by atoms with van der Waals surface area (Å²) in [5.41, 5.74) is 9.43. The Balaban J connectivity index is 1.48. The molecule has 156 valence electrons. The smallest absolute Gasteiger partial charge is 0.232 e. The molecule has 7 nitrogen and oxygen atoms in total. The van der Waals surface area contributed by atoms with E-state index in [1.165, 1.54) is 22.4 Å². The molecule has 0 radical (unpaired) electrons. The van der Waals surface area contributed by atoms with E-state index in [1.807, 2.05) is 31.2 Å². The van der Waals surface area contributed by atoms with Crippen LogP contribution in [0.1, 0.15) is 42.8 Å². The first-order valence-corrected chi connectivity index (χ1v) is 10.5. The van der Waals surface area contributed by atoms with Gasteiger partial charge in [0.25, 0.3) is 0 Å². The topological polar surface area (TPSA) is 90.4 Å². The highest BCUT2D eigenvalue weighted by molar-refractivity contribution is 5.54. The van der Waals surface area contributed by atoms with Crippen molar-refractivity contribution < 1.29 is 9.64 Å². The van der Waals surface area contributed by atoms with E-state index < -0.39 is 0 Å². The highest BCUT2D eigenvalue weighted by Crippen LogP contribution is 2.22. The zero-order chi connectivity index (χ0) is 20.9. The molecule has 4 N–H and O–H groups in total. The number of nitrogens with one attached hydrogen (secondary N) is 2. The normalized spacial score (nSPS) is 18.3. The SMILES string of the molecule is CCOc1ccc([C@H]2CCC[NH+]2Cc2nc(N)nc(Nc3ccc(C)cc3)n2)cc1. The fourth-order valence-corrected chi connectivity index (χ4v) is 4.03. The second kappa shape index (κ2) is 9.09. The van der Waals surface area contributed by atoms with Gasteiger partial charge in [-0.15, -0.1) is 0 Å². The van der Waals surface area contributed by atoms with Crippen LogP contribution in [0.4, 0.5) is 17.6 Å². The van der Waals surface area contributed by atoms with E-state index in [4.69, 9.17) is 10.5 Å². The molecule has 1 fully saturated rings. The predicted octanol–water partition coefficient (Wildman–Crippen LogP) is 2.82. The van der Waals surface area contributed by atoms with Gasteiger partial charge in [-0.1, -0.05) is 17.7 Å². The Morgan fingerprint density at radius 2 is 1.83 bits per heavy atom. The molecule has 1 unspecified atom stereocenters. The lowest BCUT2D eigenvalue weighted by Crippen LogP contribution is -3.09. The van der Waals surface area contributed by atoms with E-state index in [1.54, 1.807) is 0 Å². The van der Waals surface area contributed by atoms with Gasteiger partial charge in [0.1, 0.15) is 18.3 Å². The Morgan fingerprint density at radius 3 is 2.57 bits per heavy atom. The van der Waals surface area contributed by atoms with Crippen LogP contribution in [-0.2, 0) is 6.54 Å². The van der Waals surface area contributed by atoms with E-state index in [2.05, 4.69) is 51.5 Å². The van der Waals surface area contributed by atoms with Crippen molar-refractivity contribution in [3.63, 3.8) is 0 Å². The van der Waals surface area contributed by atoms with Crippen LogP contribution >= 0.6 is 0 Å². The van der Waals surface area contributed by atoms with Crippen molar-refractivity contribution in [1.29, 1.82) is 0 Å². The van der Waals surface area contributed by atoms with Crippen molar-refractivity contribution in [2.75, 3.05) is 24.2 Å². The third-order valence-electron chi connectivity index (χ3n) is 5.47. The van der Waals surface area contributed by atoms with E-state index >= 15 is 0 Å². The maximum atomic E-state index is 5.98. The number of quaternary nitrogens is 1. The van der Waals surface area contributed by atoms with Gasteiger partial charge in [-0.25, -0.2) is 0 Å². The summed E-state index contributed by atoms with van der Waals surface area (Å²) >= 11 is 0. The average Bonchev–Trinajstić information content (AvgIpc) is 3.18. The van der Waals surface area contributed by atoms with Gasteiger partial charge in [-0.3, -0.25) is 0 Å². The second-order valence-corrected chi connectivity index (χ2v) is 7.71. The summed E-state index contributed by atoms with van der Waals surface area (Å²) in [6.45, 7) is 6.54. The number of hydrogen-bond acceptors (Lipinski definition) is 6. The maximum Gasteiger partial charge on any atom is 0.232 e. The Morgan fingerprint density at radius 1 is 1.07 bits per heavy atom. The molecule has 0 bridgehead atoms. The van der Waals surface area contributed by atoms with E-state index in [0.29, 0.717) is 31.0 Å². The summed E-state index contributed by atoms with van der Waals surface area (Å²) in [4.78, 5) is 14.7. The number of nitrogen functional groups attached to an aromatic ring is 1. The fraction of sp³-hybridized carbons (Fsp3) is 0.348. The Kier molecular flexibility index (Phi) is 6.09. The van der Waals surface area contributed by atoms with Gasteiger partial charge in [0.2, 0.25) is 11.9 Å².